The summed E-state index contributed by atoms with van der Waals surface area (Å²) >= 11 is 0. The van der Waals surface area contributed by atoms with Gasteiger partial charge in [-0.25, -0.2) is 0 Å². The van der Waals surface area contributed by atoms with Crippen LogP contribution in [-0.4, -0.2) is 5.11 Å². The van der Waals surface area contributed by atoms with E-state index < -0.39 is 0 Å². The summed E-state index contributed by atoms with van der Waals surface area (Å²) in [5, 5.41) is 8.28. The molecule has 0 atom stereocenters. The van der Waals surface area contributed by atoms with E-state index in [1.165, 1.54) is 25.7 Å². The molecule has 0 aromatic carbocycles. The molecule has 0 aromatic heterocycles. The van der Waals surface area contributed by atoms with Gasteiger partial charge in [0, 0.05) is 0 Å². The Morgan fingerprint density at radius 1 is 1.09 bits per heavy atom. The van der Waals surface area contributed by atoms with Gasteiger partial charge in [0.25, 0.3) is 0 Å². The van der Waals surface area contributed by atoms with E-state index in [2.05, 4.69) is 13.0 Å². The maximum Gasteiger partial charge on any atom is 0.0791 e. The zero-order valence-electron chi connectivity index (χ0n) is 7.29. The van der Waals surface area contributed by atoms with Crippen LogP contribution in [0.4, 0.5) is 0 Å². The molecule has 1 nitrogen and oxygen atoms in total. The molecule has 0 unspecified atom stereocenters. The average Bonchev–Trinajstić information content (AvgIpc) is 2.03. The fourth-order valence-electron chi connectivity index (χ4n) is 0.913. The number of aliphatic hydroxyl groups is 1. The Bertz CT molecular complexity index is 114. The van der Waals surface area contributed by atoms with E-state index in [-0.39, 0.29) is 0 Å². The van der Waals surface area contributed by atoms with Crippen molar-refractivity contribution >= 4 is 0 Å². The van der Waals surface area contributed by atoms with Gasteiger partial charge in [0.1, 0.15) is 0 Å². The van der Waals surface area contributed by atoms with Crippen molar-refractivity contribution in [3.63, 3.8) is 0 Å². The molecule has 0 heterocycles. The molecule has 0 aliphatic carbocycles. The molecule has 0 aliphatic heterocycles. The molecule has 0 saturated heterocycles. The van der Waals surface area contributed by atoms with Crippen LogP contribution in [0.5, 0.6) is 0 Å². The minimum absolute atomic E-state index is 1.06. The van der Waals surface area contributed by atoms with E-state index in [4.69, 9.17) is 5.11 Å². The zero-order valence-corrected chi connectivity index (χ0v) is 7.29. The Kier molecular flexibility index (Phi) is 8.67. The number of aliphatic hydroxyl groups excluding tert-OH is 1. The summed E-state index contributed by atoms with van der Waals surface area (Å²) in [6.45, 7) is 2.21. The van der Waals surface area contributed by atoms with Gasteiger partial charge >= 0.3 is 0 Å². The molecule has 0 spiro atoms. The molecule has 0 rings (SSSR count). The van der Waals surface area contributed by atoms with Crippen molar-refractivity contribution in [2.75, 3.05) is 0 Å². The first-order valence-electron chi connectivity index (χ1n) is 4.37. The Labute approximate surface area is 69.4 Å². The summed E-state index contributed by atoms with van der Waals surface area (Å²) < 4.78 is 0. The van der Waals surface area contributed by atoms with E-state index in [9.17, 15) is 0 Å². The molecule has 0 aliphatic rings. The van der Waals surface area contributed by atoms with Gasteiger partial charge in [-0.05, 0) is 18.9 Å². The Balaban J connectivity index is 3.01. The normalized spacial score (nSPS) is 11.7. The van der Waals surface area contributed by atoms with Crippen molar-refractivity contribution < 1.29 is 5.11 Å². The van der Waals surface area contributed by atoms with Crippen molar-refractivity contribution in [3.8, 4) is 0 Å². The summed E-state index contributed by atoms with van der Waals surface area (Å²) in [4.78, 5) is 0. The van der Waals surface area contributed by atoms with Crippen molar-refractivity contribution in [1.29, 1.82) is 0 Å². The fourth-order valence-corrected chi connectivity index (χ4v) is 0.913. The predicted octanol–water partition coefficient (Wildman–Crippen LogP) is 3.58. The second kappa shape index (κ2) is 9.28. The smallest absolute Gasteiger partial charge is 0.0791 e. The highest BCUT2D eigenvalue weighted by molar-refractivity contribution is 4.98. The monoisotopic (exact) mass is 154 g/mol. The van der Waals surface area contributed by atoms with E-state index in [1.54, 1.807) is 6.08 Å². The van der Waals surface area contributed by atoms with Crippen LogP contribution in [0.2, 0.25) is 0 Å². The Morgan fingerprint density at radius 3 is 2.55 bits per heavy atom. The SMILES string of the molecule is CCCCCC/C=C/C=C/O. The molecule has 0 amide bonds. The number of hydrogen-bond donors (Lipinski definition) is 1. The van der Waals surface area contributed by atoms with Gasteiger partial charge in [-0.1, -0.05) is 38.3 Å². The third-order valence-corrected chi connectivity index (χ3v) is 1.56. The van der Waals surface area contributed by atoms with Gasteiger partial charge in [-0.3, -0.25) is 0 Å². The first-order valence-corrected chi connectivity index (χ1v) is 4.37. The van der Waals surface area contributed by atoms with Gasteiger partial charge in [0.05, 0.1) is 6.26 Å². The van der Waals surface area contributed by atoms with Crippen LogP contribution < -0.4 is 0 Å². The van der Waals surface area contributed by atoms with Crippen molar-refractivity contribution in [3.05, 3.63) is 24.5 Å². The maximum absolute atomic E-state index is 8.28. The van der Waals surface area contributed by atoms with Crippen LogP contribution in [-0.2, 0) is 0 Å². The fraction of sp³-hybridized carbons (Fsp3) is 0.600. The first kappa shape index (κ1) is 10.3. The molecule has 64 valence electrons. The van der Waals surface area contributed by atoms with E-state index >= 15 is 0 Å². The number of hydrogen-bond acceptors (Lipinski definition) is 1. The van der Waals surface area contributed by atoms with Crippen LogP contribution in [0.15, 0.2) is 24.5 Å². The van der Waals surface area contributed by atoms with E-state index in [0.29, 0.717) is 0 Å². The largest absolute Gasteiger partial charge is 0.516 e. The number of rotatable bonds is 6. The molecule has 0 aromatic rings. The van der Waals surface area contributed by atoms with Crippen LogP contribution in [0.25, 0.3) is 0 Å². The average molecular weight is 154 g/mol. The molecular weight excluding hydrogens is 136 g/mol. The quantitative estimate of drug-likeness (QED) is 0.352. The molecule has 0 fully saturated rings. The first-order chi connectivity index (χ1) is 5.41. The van der Waals surface area contributed by atoms with Crippen LogP contribution in [0.1, 0.15) is 39.0 Å². The van der Waals surface area contributed by atoms with Gasteiger partial charge in [0.15, 0.2) is 0 Å². The molecule has 11 heavy (non-hydrogen) atoms. The minimum Gasteiger partial charge on any atom is -0.516 e. The summed E-state index contributed by atoms with van der Waals surface area (Å²) in [5.41, 5.74) is 0. The molecule has 1 N–H and O–H groups in total. The molecule has 0 saturated carbocycles. The number of allylic oxidation sites excluding steroid dienone is 3. The molecule has 0 bridgehead atoms. The minimum atomic E-state index is 1.06. The highest BCUT2D eigenvalue weighted by Gasteiger charge is 1.82. The van der Waals surface area contributed by atoms with Crippen molar-refractivity contribution in [1.82, 2.24) is 0 Å². The van der Waals surface area contributed by atoms with Crippen LogP contribution >= 0.6 is 0 Å². The molecular formula is C10H18O. The van der Waals surface area contributed by atoms with Crippen LogP contribution in [0.3, 0.4) is 0 Å². The lowest BCUT2D eigenvalue weighted by Crippen LogP contribution is -1.72. The summed E-state index contributed by atoms with van der Waals surface area (Å²) in [5.74, 6) is 0. The lowest BCUT2D eigenvalue weighted by Gasteiger charge is -1.92. The highest BCUT2D eigenvalue weighted by atomic mass is 16.2. The lowest BCUT2D eigenvalue weighted by atomic mass is 10.1. The summed E-state index contributed by atoms with van der Waals surface area (Å²) in [6, 6.07) is 0. The second-order valence-corrected chi connectivity index (χ2v) is 2.62. The van der Waals surface area contributed by atoms with Gasteiger partial charge < -0.3 is 5.11 Å². The number of unbranched alkanes of at least 4 members (excludes halogenated alkanes) is 4. The lowest BCUT2D eigenvalue weighted by molar-refractivity contribution is 0.473. The topological polar surface area (TPSA) is 20.2 Å². The van der Waals surface area contributed by atoms with E-state index in [1.807, 2.05) is 6.08 Å². The highest BCUT2D eigenvalue weighted by Crippen LogP contribution is 2.02. The van der Waals surface area contributed by atoms with Crippen molar-refractivity contribution in [2.45, 2.75) is 39.0 Å². The van der Waals surface area contributed by atoms with Crippen molar-refractivity contribution in [2.24, 2.45) is 0 Å². The molecule has 0 radical (unpaired) electrons. The van der Waals surface area contributed by atoms with Gasteiger partial charge in [-0.15, -0.1) is 0 Å². The Morgan fingerprint density at radius 2 is 1.91 bits per heavy atom. The second-order valence-electron chi connectivity index (χ2n) is 2.62. The standard InChI is InChI=1S/C10H18O/c1-2-3-4-5-6-7-8-9-10-11/h7-11H,2-6H2,1H3/b8-7+,10-9+. The van der Waals surface area contributed by atoms with Crippen LogP contribution in [0, 0.1) is 0 Å². The third kappa shape index (κ3) is 9.28. The summed E-state index contributed by atoms with van der Waals surface area (Å²) in [7, 11) is 0. The predicted molar refractivity (Wildman–Crippen MR) is 49.7 cm³/mol. The zero-order chi connectivity index (χ0) is 8.36. The molecule has 1 heteroatoms. The third-order valence-electron chi connectivity index (χ3n) is 1.56. The van der Waals surface area contributed by atoms with E-state index in [0.717, 1.165) is 12.7 Å². The van der Waals surface area contributed by atoms with Gasteiger partial charge in [-0.2, -0.15) is 0 Å². The Hall–Kier alpha value is -0.720. The van der Waals surface area contributed by atoms with Gasteiger partial charge in [0.2, 0.25) is 0 Å². The maximum atomic E-state index is 8.28. The summed E-state index contributed by atoms with van der Waals surface area (Å²) in [6.07, 6.45) is 13.0.